The Morgan fingerprint density at radius 2 is 1.64 bits per heavy atom. The molecule has 1 aromatic carbocycles. The summed E-state index contributed by atoms with van der Waals surface area (Å²) >= 11 is 0. The number of halogens is 1. The summed E-state index contributed by atoms with van der Waals surface area (Å²) < 4.78 is 28.1. The zero-order valence-corrected chi connectivity index (χ0v) is 19.4. The summed E-state index contributed by atoms with van der Waals surface area (Å²) in [4.78, 5) is 12.8. The second kappa shape index (κ2) is 10.1. The molecule has 1 aromatic rings. The minimum absolute atomic E-state index is 0. The number of carbonyl (C=O) groups excluding carboxylic acids is 1. The highest BCUT2D eigenvalue weighted by Crippen LogP contribution is 2.31. The highest BCUT2D eigenvalue weighted by Gasteiger charge is 2.34. The summed E-state index contributed by atoms with van der Waals surface area (Å²) in [6, 6.07) is 2.25. The summed E-state index contributed by atoms with van der Waals surface area (Å²) in [6.07, 6.45) is 1.11. The Hall–Kier alpha value is -1.15. The fourth-order valence-electron chi connectivity index (χ4n) is 3.56. The van der Waals surface area contributed by atoms with Gasteiger partial charge in [0.15, 0.2) is 0 Å². The largest absolute Gasteiger partial charge is 0.354 e. The molecule has 2 rings (SSSR count). The van der Waals surface area contributed by atoms with Crippen LogP contribution in [-0.4, -0.2) is 51.4 Å². The van der Waals surface area contributed by atoms with Crippen LogP contribution in [0, 0.1) is 33.6 Å². The molecule has 160 valence electrons. The SMILES string of the molecule is CNC(C)CNC(=O)C1CCN(S(=O)(=O)c2c(C)c(C)cc(C)c2C)CC1.Cl. The van der Waals surface area contributed by atoms with E-state index in [1.54, 1.807) is 4.31 Å². The van der Waals surface area contributed by atoms with Gasteiger partial charge >= 0.3 is 0 Å². The molecule has 1 heterocycles. The maximum atomic E-state index is 13.3. The highest BCUT2D eigenvalue weighted by atomic mass is 35.5. The molecule has 0 saturated carbocycles. The lowest BCUT2D eigenvalue weighted by Gasteiger charge is -2.32. The molecular weight excluding hydrogens is 398 g/mol. The molecule has 1 atom stereocenters. The van der Waals surface area contributed by atoms with Gasteiger partial charge in [0.2, 0.25) is 15.9 Å². The van der Waals surface area contributed by atoms with E-state index in [2.05, 4.69) is 10.6 Å². The number of piperidine rings is 1. The third kappa shape index (κ3) is 5.26. The molecule has 0 radical (unpaired) electrons. The predicted octanol–water partition coefficient (Wildman–Crippen LogP) is 2.47. The second-order valence-corrected chi connectivity index (χ2v) is 9.58. The van der Waals surface area contributed by atoms with Gasteiger partial charge in [0, 0.05) is 31.6 Å². The van der Waals surface area contributed by atoms with Crippen molar-refractivity contribution in [2.45, 2.75) is 58.4 Å². The summed E-state index contributed by atoms with van der Waals surface area (Å²) in [7, 11) is -1.70. The molecule has 8 heteroatoms. The monoisotopic (exact) mass is 431 g/mol. The predicted molar refractivity (Wildman–Crippen MR) is 116 cm³/mol. The maximum absolute atomic E-state index is 13.3. The minimum atomic E-state index is -3.56. The number of nitrogens with one attached hydrogen (secondary N) is 2. The van der Waals surface area contributed by atoms with Gasteiger partial charge in [-0.3, -0.25) is 4.79 Å². The Balaban J connectivity index is 0.00000392. The summed E-state index contributed by atoms with van der Waals surface area (Å²) in [5.41, 5.74) is 3.62. The van der Waals surface area contributed by atoms with Crippen molar-refractivity contribution in [3.8, 4) is 0 Å². The van der Waals surface area contributed by atoms with Gasteiger partial charge < -0.3 is 10.6 Å². The standard InChI is InChI=1S/C20H33N3O3S.ClH/c1-13-11-14(2)17(5)19(16(13)4)27(25,26)23-9-7-18(8-10-23)20(24)22-12-15(3)21-6;/h11,15,18,21H,7-10,12H2,1-6H3,(H,22,24);1H. The first-order valence-electron chi connectivity index (χ1n) is 9.62. The molecule has 1 saturated heterocycles. The smallest absolute Gasteiger partial charge is 0.243 e. The minimum Gasteiger partial charge on any atom is -0.354 e. The van der Waals surface area contributed by atoms with Crippen LogP contribution in [0.5, 0.6) is 0 Å². The van der Waals surface area contributed by atoms with Gasteiger partial charge in [0.05, 0.1) is 4.90 Å². The van der Waals surface area contributed by atoms with E-state index in [4.69, 9.17) is 0 Å². The Labute approximate surface area is 175 Å². The van der Waals surface area contributed by atoms with Crippen LogP contribution in [-0.2, 0) is 14.8 Å². The first kappa shape index (κ1) is 24.9. The molecule has 0 aromatic heterocycles. The summed E-state index contributed by atoms with van der Waals surface area (Å²) in [6.45, 7) is 11.0. The van der Waals surface area contributed by atoms with E-state index < -0.39 is 10.0 Å². The zero-order chi connectivity index (χ0) is 20.4. The molecule has 1 amide bonds. The van der Waals surface area contributed by atoms with Gasteiger partial charge in [0.25, 0.3) is 0 Å². The molecule has 2 N–H and O–H groups in total. The topological polar surface area (TPSA) is 78.5 Å². The van der Waals surface area contributed by atoms with E-state index in [-0.39, 0.29) is 30.3 Å². The number of likely N-dealkylation sites (N-methyl/N-ethyl adjacent to an activating group) is 1. The highest BCUT2D eigenvalue weighted by molar-refractivity contribution is 7.89. The Morgan fingerprint density at radius 3 is 2.11 bits per heavy atom. The molecule has 6 nitrogen and oxygen atoms in total. The van der Waals surface area contributed by atoms with Crippen LogP contribution in [0.1, 0.15) is 42.0 Å². The van der Waals surface area contributed by atoms with E-state index in [0.717, 1.165) is 22.3 Å². The van der Waals surface area contributed by atoms with Crippen molar-refractivity contribution in [2.75, 3.05) is 26.7 Å². The van der Waals surface area contributed by atoms with Crippen molar-refractivity contribution in [1.29, 1.82) is 0 Å². The van der Waals surface area contributed by atoms with Gasteiger partial charge in [0.1, 0.15) is 0 Å². The average Bonchev–Trinajstić information content (AvgIpc) is 2.64. The van der Waals surface area contributed by atoms with E-state index in [0.29, 0.717) is 37.4 Å². The summed E-state index contributed by atoms with van der Waals surface area (Å²) in [5, 5.41) is 6.04. The zero-order valence-electron chi connectivity index (χ0n) is 17.8. The van der Waals surface area contributed by atoms with Crippen LogP contribution >= 0.6 is 12.4 Å². The lowest BCUT2D eigenvalue weighted by atomic mass is 9.97. The molecule has 1 aliphatic heterocycles. The molecule has 1 fully saturated rings. The van der Waals surface area contributed by atoms with Crippen molar-refractivity contribution < 1.29 is 13.2 Å². The lowest BCUT2D eigenvalue weighted by Crippen LogP contribution is -2.45. The van der Waals surface area contributed by atoms with Crippen LogP contribution in [0.25, 0.3) is 0 Å². The number of rotatable bonds is 6. The van der Waals surface area contributed by atoms with Gasteiger partial charge in [-0.1, -0.05) is 6.07 Å². The van der Waals surface area contributed by atoms with Crippen LogP contribution in [0.4, 0.5) is 0 Å². The van der Waals surface area contributed by atoms with Crippen LogP contribution in [0.3, 0.4) is 0 Å². The number of aryl methyl sites for hydroxylation is 2. The Bertz CT molecular complexity index is 777. The molecule has 0 spiro atoms. The third-order valence-corrected chi connectivity index (χ3v) is 7.97. The van der Waals surface area contributed by atoms with E-state index in [1.807, 2.05) is 47.7 Å². The first-order valence-corrected chi connectivity index (χ1v) is 11.1. The van der Waals surface area contributed by atoms with Gasteiger partial charge in [-0.15, -0.1) is 12.4 Å². The van der Waals surface area contributed by atoms with E-state index >= 15 is 0 Å². The number of benzene rings is 1. The molecular formula is C20H34ClN3O3S. The van der Waals surface area contributed by atoms with Gasteiger partial charge in [-0.2, -0.15) is 4.31 Å². The van der Waals surface area contributed by atoms with Crippen LogP contribution in [0.15, 0.2) is 11.0 Å². The van der Waals surface area contributed by atoms with Crippen molar-refractivity contribution in [3.05, 3.63) is 28.3 Å². The Morgan fingerprint density at radius 1 is 1.14 bits per heavy atom. The number of hydrogen-bond donors (Lipinski definition) is 2. The van der Waals surface area contributed by atoms with Crippen molar-refractivity contribution in [3.63, 3.8) is 0 Å². The maximum Gasteiger partial charge on any atom is 0.243 e. The normalized spacial score (nSPS) is 17.1. The number of amides is 1. The molecule has 1 unspecified atom stereocenters. The van der Waals surface area contributed by atoms with Crippen molar-refractivity contribution >= 4 is 28.3 Å². The van der Waals surface area contributed by atoms with Crippen LogP contribution in [0.2, 0.25) is 0 Å². The Kier molecular flexibility index (Phi) is 8.93. The van der Waals surface area contributed by atoms with Crippen LogP contribution < -0.4 is 10.6 Å². The lowest BCUT2D eigenvalue weighted by molar-refractivity contribution is -0.126. The molecule has 0 aliphatic carbocycles. The number of carbonyl (C=O) groups is 1. The second-order valence-electron chi connectivity index (χ2n) is 7.70. The van der Waals surface area contributed by atoms with E-state index in [1.165, 1.54) is 0 Å². The van der Waals surface area contributed by atoms with E-state index in [9.17, 15) is 13.2 Å². The number of nitrogens with zero attached hydrogens (tertiary/aromatic N) is 1. The van der Waals surface area contributed by atoms with Crippen molar-refractivity contribution in [1.82, 2.24) is 14.9 Å². The van der Waals surface area contributed by atoms with Gasteiger partial charge in [-0.25, -0.2) is 8.42 Å². The van der Waals surface area contributed by atoms with Crippen molar-refractivity contribution in [2.24, 2.45) is 5.92 Å². The quantitative estimate of drug-likeness (QED) is 0.725. The fraction of sp³-hybridized carbons (Fsp3) is 0.650. The number of hydrogen-bond acceptors (Lipinski definition) is 4. The molecule has 0 bridgehead atoms. The number of sulfonamides is 1. The fourth-order valence-corrected chi connectivity index (χ4v) is 5.60. The summed E-state index contributed by atoms with van der Waals surface area (Å²) in [5.74, 6) is -0.102. The third-order valence-electron chi connectivity index (χ3n) is 5.80. The first-order chi connectivity index (χ1) is 12.6. The average molecular weight is 432 g/mol. The van der Waals surface area contributed by atoms with Gasteiger partial charge in [-0.05, 0) is 76.8 Å². The molecule has 28 heavy (non-hydrogen) atoms. The molecule has 1 aliphatic rings.